The lowest BCUT2D eigenvalue weighted by atomic mass is 10.2. The number of rotatable bonds is 4. The van der Waals surface area contributed by atoms with Gasteiger partial charge in [0.05, 0.1) is 4.92 Å². The first-order chi connectivity index (χ1) is 9.70. The molecule has 0 aliphatic heterocycles. The third-order valence-electron chi connectivity index (χ3n) is 2.18. The van der Waals surface area contributed by atoms with Crippen molar-refractivity contribution in [2.75, 3.05) is 0 Å². The lowest BCUT2D eigenvalue weighted by Crippen LogP contribution is -2.02. The third-order valence-corrected chi connectivity index (χ3v) is 2.18. The van der Waals surface area contributed by atoms with Crippen molar-refractivity contribution in [1.82, 2.24) is 9.97 Å². The van der Waals surface area contributed by atoms with Crippen molar-refractivity contribution in [2.45, 2.75) is 0 Å². The molecule has 0 unspecified atom stereocenters. The van der Waals surface area contributed by atoms with Crippen LogP contribution in [0.15, 0.2) is 47.9 Å². The molecule has 8 nitrogen and oxygen atoms in total. The summed E-state index contributed by atoms with van der Waals surface area (Å²) in [5.74, 6) is 0.0410. The SMILES string of the molecule is N#CC(=NOc1ccc([N+](=O)[O-])cn1)c1ccccn1. The van der Waals surface area contributed by atoms with Gasteiger partial charge in [-0.2, -0.15) is 5.26 Å². The molecule has 2 aromatic heterocycles. The van der Waals surface area contributed by atoms with E-state index in [-0.39, 0.29) is 17.3 Å². The van der Waals surface area contributed by atoms with E-state index in [1.165, 1.54) is 18.3 Å². The predicted molar refractivity (Wildman–Crippen MR) is 67.9 cm³/mol. The van der Waals surface area contributed by atoms with E-state index in [1.54, 1.807) is 18.2 Å². The Hall–Kier alpha value is -3.34. The Morgan fingerprint density at radius 2 is 2.20 bits per heavy atom. The molecule has 0 atom stereocenters. The Morgan fingerprint density at radius 3 is 2.75 bits per heavy atom. The molecule has 0 bridgehead atoms. The van der Waals surface area contributed by atoms with Crippen LogP contribution >= 0.6 is 0 Å². The Labute approximate surface area is 113 Å². The molecular formula is C12H7N5O3. The normalized spacial score (nSPS) is 10.7. The lowest BCUT2D eigenvalue weighted by Gasteiger charge is -1.98. The number of hydrogen-bond acceptors (Lipinski definition) is 7. The Kier molecular flexibility index (Phi) is 3.94. The molecule has 0 saturated heterocycles. The summed E-state index contributed by atoms with van der Waals surface area (Å²) in [6.45, 7) is 0. The molecule has 0 radical (unpaired) electrons. The molecule has 2 heterocycles. The van der Waals surface area contributed by atoms with Gasteiger partial charge in [-0.15, -0.1) is 0 Å². The number of nitro groups is 1. The average Bonchev–Trinajstić information content (AvgIpc) is 2.49. The first-order valence-corrected chi connectivity index (χ1v) is 5.37. The molecule has 98 valence electrons. The maximum absolute atomic E-state index is 10.5. The van der Waals surface area contributed by atoms with Gasteiger partial charge < -0.3 is 4.84 Å². The fraction of sp³-hybridized carbons (Fsp3) is 0. The van der Waals surface area contributed by atoms with E-state index in [0.29, 0.717) is 5.69 Å². The molecule has 0 aliphatic carbocycles. The first-order valence-electron chi connectivity index (χ1n) is 5.37. The fourth-order valence-electron chi connectivity index (χ4n) is 1.25. The summed E-state index contributed by atoms with van der Waals surface area (Å²) in [6.07, 6.45) is 2.56. The van der Waals surface area contributed by atoms with Crippen LogP contribution in [-0.2, 0) is 0 Å². The summed E-state index contributed by atoms with van der Waals surface area (Å²) in [5.41, 5.74) is 0.175. The van der Waals surface area contributed by atoms with Gasteiger partial charge in [0.1, 0.15) is 18.0 Å². The van der Waals surface area contributed by atoms with Crippen LogP contribution in [0.2, 0.25) is 0 Å². The molecular weight excluding hydrogens is 262 g/mol. The van der Waals surface area contributed by atoms with Crippen LogP contribution in [0.1, 0.15) is 5.69 Å². The summed E-state index contributed by atoms with van der Waals surface area (Å²) < 4.78 is 0. The van der Waals surface area contributed by atoms with Gasteiger partial charge >= 0.3 is 0 Å². The smallest absolute Gasteiger partial charge is 0.287 e. The standard InChI is InChI=1S/C12H7N5O3/c13-7-11(10-3-1-2-6-14-10)16-20-12-5-4-9(8-15-12)17(18)19/h1-6,8H. The van der Waals surface area contributed by atoms with Gasteiger partial charge in [-0.05, 0) is 12.1 Å². The topological polar surface area (TPSA) is 114 Å². The van der Waals surface area contributed by atoms with Crippen molar-refractivity contribution in [3.63, 3.8) is 0 Å². The van der Waals surface area contributed by atoms with Crippen molar-refractivity contribution in [2.24, 2.45) is 5.16 Å². The second-order valence-corrected chi connectivity index (χ2v) is 3.47. The molecule has 0 aromatic carbocycles. The van der Waals surface area contributed by atoms with Crippen LogP contribution in [0.3, 0.4) is 0 Å². The van der Waals surface area contributed by atoms with Crippen LogP contribution in [-0.4, -0.2) is 20.6 Å². The quantitative estimate of drug-likeness (QED) is 0.474. The minimum Gasteiger partial charge on any atom is -0.335 e. The van der Waals surface area contributed by atoms with Gasteiger partial charge in [0.15, 0.2) is 0 Å². The summed E-state index contributed by atoms with van der Waals surface area (Å²) in [5, 5.41) is 23.0. The Morgan fingerprint density at radius 1 is 1.35 bits per heavy atom. The van der Waals surface area contributed by atoms with Gasteiger partial charge in [0.2, 0.25) is 11.6 Å². The van der Waals surface area contributed by atoms with E-state index in [0.717, 1.165) is 6.20 Å². The Bertz CT molecular complexity index is 676. The maximum atomic E-state index is 10.5. The molecule has 0 amide bonds. The second kappa shape index (κ2) is 6.01. The third kappa shape index (κ3) is 3.11. The number of aromatic nitrogens is 2. The lowest BCUT2D eigenvalue weighted by molar-refractivity contribution is -0.385. The minimum atomic E-state index is -0.575. The van der Waals surface area contributed by atoms with Crippen molar-refractivity contribution in [3.8, 4) is 11.9 Å². The summed E-state index contributed by atoms with van der Waals surface area (Å²) >= 11 is 0. The van der Waals surface area contributed by atoms with Crippen molar-refractivity contribution in [3.05, 3.63) is 58.5 Å². The zero-order chi connectivity index (χ0) is 14.4. The van der Waals surface area contributed by atoms with Gasteiger partial charge in [-0.3, -0.25) is 15.1 Å². The zero-order valence-corrected chi connectivity index (χ0v) is 10.0. The first kappa shape index (κ1) is 13.1. The van der Waals surface area contributed by atoms with Crippen LogP contribution in [0.4, 0.5) is 5.69 Å². The van der Waals surface area contributed by atoms with Gasteiger partial charge in [-0.25, -0.2) is 4.98 Å². The zero-order valence-electron chi connectivity index (χ0n) is 10.0. The van der Waals surface area contributed by atoms with Gasteiger partial charge in [0.25, 0.3) is 5.69 Å². The van der Waals surface area contributed by atoms with Crippen LogP contribution in [0, 0.1) is 21.4 Å². The highest BCUT2D eigenvalue weighted by molar-refractivity contribution is 6.09. The predicted octanol–water partition coefficient (Wildman–Crippen LogP) is 1.69. The highest BCUT2D eigenvalue weighted by Gasteiger charge is 2.07. The number of nitrogens with zero attached hydrogens (tertiary/aromatic N) is 5. The summed E-state index contributed by atoms with van der Waals surface area (Å²) in [7, 11) is 0. The van der Waals surface area contributed by atoms with E-state index in [9.17, 15) is 10.1 Å². The van der Waals surface area contributed by atoms with E-state index in [4.69, 9.17) is 10.1 Å². The van der Waals surface area contributed by atoms with E-state index < -0.39 is 4.92 Å². The molecule has 20 heavy (non-hydrogen) atoms. The Balaban J connectivity index is 2.15. The van der Waals surface area contributed by atoms with Crippen LogP contribution in [0.25, 0.3) is 0 Å². The molecule has 8 heteroatoms. The molecule has 0 aliphatic rings. The monoisotopic (exact) mass is 269 g/mol. The maximum Gasteiger partial charge on any atom is 0.287 e. The number of hydrogen-bond donors (Lipinski definition) is 0. The van der Waals surface area contributed by atoms with Crippen molar-refractivity contribution < 1.29 is 9.76 Å². The molecule has 0 saturated carbocycles. The van der Waals surface area contributed by atoms with Crippen LogP contribution in [0.5, 0.6) is 5.88 Å². The van der Waals surface area contributed by atoms with Gasteiger partial charge in [0, 0.05) is 18.3 Å². The minimum absolute atomic E-state index is 0.0225. The van der Waals surface area contributed by atoms with Crippen molar-refractivity contribution in [1.29, 1.82) is 5.26 Å². The second-order valence-electron chi connectivity index (χ2n) is 3.47. The van der Waals surface area contributed by atoms with E-state index in [2.05, 4.69) is 15.1 Å². The largest absolute Gasteiger partial charge is 0.335 e. The fourth-order valence-corrected chi connectivity index (χ4v) is 1.25. The average molecular weight is 269 g/mol. The highest BCUT2D eigenvalue weighted by atomic mass is 16.6. The summed E-state index contributed by atoms with van der Waals surface area (Å²) in [4.78, 5) is 22.5. The molecule has 2 aromatic rings. The molecule has 2 rings (SSSR count). The molecule has 0 fully saturated rings. The van der Waals surface area contributed by atoms with E-state index >= 15 is 0 Å². The number of pyridine rings is 2. The number of oxime groups is 1. The van der Waals surface area contributed by atoms with Crippen LogP contribution < -0.4 is 4.84 Å². The van der Waals surface area contributed by atoms with Gasteiger partial charge in [-0.1, -0.05) is 11.2 Å². The molecule has 0 N–H and O–H groups in total. The molecule has 0 spiro atoms. The summed E-state index contributed by atoms with van der Waals surface area (Å²) in [6, 6.07) is 9.38. The van der Waals surface area contributed by atoms with Crippen molar-refractivity contribution >= 4 is 11.4 Å². The van der Waals surface area contributed by atoms with E-state index in [1.807, 2.05) is 6.07 Å². The highest BCUT2D eigenvalue weighted by Crippen LogP contribution is 2.13. The number of nitriles is 1.